The van der Waals surface area contributed by atoms with E-state index in [0.717, 1.165) is 19.3 Å². The fraction of sp³-hybridized carbons (Fsp3) is 0.600. The fourth-order valence-corrected chi connectivity index (χ4v) is 1.75. The van der Waals surface area contributed by atoms with Crippen LogP contribution < -0.4 is 21.8 Å². The van der Waals surface area contributed by atoms with Gasteiger partial charge in [0.1, 0.15) is 0 Å². The second-order valence-corrected chi connectivity index (χ2v) is 4.51. The molecule has 1 fully saturated rings. The van der Waals surface area contributed by atoms with Crippen LogP contribution >= 0.6 is 12.2 Å². The van der Waals surface area contributed by atoms with E-state index in [4.69, 9.17) is 5.73 Å². The highest BCUT2D eigenvalue weighted by Gasteiger charge is 2.44. The van der Waals surface area contributed by atoms with Crippen molar-refractivity contribution >= 4 is 35.5 Å². The molecule has 0 aliphatic carbocycles. The number of amides is 3. The van der Waals surface area contributed by atoms with Crippen molar-refractivity contribution in [2.75, 3.05) is 0 Å². The zero-order valence-corrected chi connectivity index (χ0v) is 11.0. The van der Waals surface area contributed by atoms with Gasteiger partial charge in [0.15, 0.2) is 10.7 Å². The average molecular weight is 271 g/mol. The number of carbonyl (C=O) groups is 2. The highest BCUT2D eigenvalue weighted by Crippen LogP contribution is 2.17. The smallest absolute Gasteiger partial charge is 0.322 e. The van der Waals surface area contributed by atoms with Gasteiger partial charge >= 0.3 is 6.03 Å². The molecule has 0 saturated carbocycles. The Labute approximate surface area is 111 Å². The van der Waals surface area contributed by atoms with Crippen LogP contribution in [-0.2, 0) is 4.79 Å². The van der Waals surface area contributed by atoms with Crippen LogP contribution in [-0.4, -0.2) is 28.8 Å². The number of nitrogens with two attached hydrogens (primary N) is 1. The molecule has 0 aromatic carbocycles. The maximum Gasteiger partial charge on any atom is 0.322 e. The first kappa shape index (κ1) is 14.4. The third kappa shape index (κ3) is 3.66. The summed E-state index contributed by atoms with van der Waals surface area (Å²) < 4.78 is 0. The van der Waals surface area contributed by atoms with E-state index in [1.165, 1.54) is 6.21 Å². The van der Waals surface area contributed by atoms with Crippen LogP contribution in [0.2, 0.25) is 0 Å². The second-order valence-electron chi connectivity index (χ2n) is 4.07. The van der Waals surface area contributed by atoms with Gasteiger partial charge in [0.2, 0.25) is 0 Å². The first-order valence-electron chi connectivity index (χ1n) is 5.73. The van der Waals surface area contributed by atoms with Crippen molar-refractivity contribution in [1.82, 2.24) is 16.1 Å². The Bertz CT molecular complexity index is 384. The molecule has 0 aromatic heterocycles. The van der Waals surface area contributed by atoms with Crippen molar-refractivity contribution in [2.45, 2.75) is 38.1 Å². The molecule has 1 saturated heterocycles. The van der Waals surface area contributed by atoms with E-state index in [-0.39, 0.29) is 5.11 Å². The van der Waals surface area contributed by atoms with Gasteiger partial charge in [-0.05, 0) is 18.6 Å². The van der Waals surface area contributed by atoms with Crippen molar-refractivity contribution in [2.24, 2.45) is 10.8 Å². The molecule has 1 aliphatic rings. The monoisotopic (exact) mass is 271 g/mol. The minimum atomic E-state index is -1.11. The third-order valence-corrected chi connectivity index (χ3v) is 2.69. The van der Waals surface area contributed by atoms with Gasteiger partial charge in [-0.1, -0.05) is 26.2 Å². The number of hydrogen-bond donors (Lipinski definition) is 4. The summed E-state index contributed by atoms with van der Waals surface area (Å²) in [6.45, 7) is 2.06. The fourth-order valence-electron chi connectivity index (χ4n) is 1.70. The summed E-state index contributed by atoms with van der Waals surface area (Å²) in [6.07, 6.45) is 4.63. The quantitative estimate of drug-likeness (QED) is 0.178. The van der Waals surface area contributed by atoms with E-state index in [9.17, 15) is 9.59 Å². The molecule has 100 valence electrons. The number of thiocarbonyl (C=S) groups is 1. The van der Waals surface area contributed by atoms with Crippen LogP contribution in [0.4, 0.5) is 4.79 Å². The molecular weight excluding hydrogens is 254 g/mol. The van der Waals surface area contributed by atoms with E-state index in [1.54, 1.807) is 0 Å². The summed E-state index contributed by atoms with van der Waals surface area (Å²) in [7, 11) is 0. The van der Waals surface area contributed by atoms with Crippen molar-refractivity contribution in [3.05, 3.63) is 0 Å². The van der Waals surface area contributed by atoms with Crippen LogP contribution in [0.15, 0.2) is 5.10 Å². The lowest BCUT2D eigenvalue weighted by Crippen LogP contribution is -2.49. The van der Waals surface area contributed by atoms with E-state index in [1.807, 2.05) is 0 Å². The molecule has 18 heavy (non-hydrogen) atoms. The topological polar surface area (TPSA) is 109 Å². The molecule has 1 aliphatic heterocycles. The number of hydrogen-bond acceptors (Lipinski definition) is 4. The summed E-state index contributed by atoms with van der Waals surface area (Å²) in [5.41, 5.74) is 6.49. The molecule has 5 N–H and O–H groups in total. The van der Waals surface area contributed by atoms with Gasteiger partial charge in [0, 0.05) is 0 Å². The normalized spacial score (nSPS) is 22.9. The van der Waals surface area contributed by atoms with Gasteiger partial charge in [-0.2, -0.15) is 5.10 Å². The first-order valence-corrected chi connectivity index (χ1v) is 6.14. The summed E-state index contributed by atoms with van der Waals surface area (Å²) in [5.74, 6) is -0.405. The van der Waals surface area contributed by atoms with Crippen LogP contribution in [0.5, 0.6) is 0 Å². The molecule has 1 unspecified atom stereocenters. The molecule has 0 aromatic rings. The molecule has 7 nitrogen and oxygen atoms in total. The highest BCUT2D eigenvalue weighted by molar-refractivity contribution is 7.80. The number of rotatable bonds is 6. The number of urea groups is 1. The minimum absolute atomic E-state index is 0.000287. The largest absolute Gasteiger partial charge is 0.375 e. The average Bonchev–Trinajstić information content (AvgIpc) is 2.54. The lowest BCUT2D eigenvalue weighted by Gasteiger charge is -2.20. The predicted octanol–water partition coefficient (Wildman–Crippen LogP) is -0.0361. The predicted molar refractivity (Wildman–Crippen MR) is 72.0 cm³/mol. The van der Waals surface area contributed by atoms with E-state index >= 15 is 0 Å². The molecule has 3 amide bonds. The van der Waals surface area contributed by atoms with E-state index in [0.29, 0.717) is 6.42 Å². The maximum absolute atomic E-state index is 11.8. The van der Waals surface area contributed by atoms with Crippen molar-refractivity contribution in [3.8, 4) is 0 Å². The van der Waals surface area contributed by atoms with Crippen LogP contribution in [0.3, 0.4) is 0 Å². The Morgan fingerprint density at radius 2 is 2.28 bits per heavy atom. The van der Waals surface area contributed by atoms with Gasteiger partial charge in [0.25, 0.3) is 5.91 Å². The Morgan fingerprint density at radius 1 is 1.56 bits per heavy atom. The summed E-state index contributed by atoms with van der Waals surface area (Å²) in [4.78, 5) is 23.0. The Hall–Kier alpha value is -1.70. The molecule has 1 heterocycles. The molecule has 0 radical (unpaired) electrons. The maximum atomic E-state index is 11.8. The van der Waals surface area contributed by atoms with Gasteiger partial charge in [-0.25, -0.2) is 4.79 Å². The van der Waals surface area contributed by atoms with Gasteiger partial charge in [-0.15, -0.1) is 0 Å². The number of unbranched alkanes of at least 4 members (excludes halogenated alkanes) is 2. The highest BCUT2D eigenvalue weighted by atomic mass is 32.1. The van der Waals surface area contributed by atoms with Crippen molar-refractivity contribution in [3.63, 3.8) is 0 Å². The molecule has 1 atom stereocenters. The molecule has 1 rings (SSSR count). The first-order chi connectivity index (χ1) is 8.50. The summed E-state index contributed by atoms with van der Waals surface area (Å²) >= 11 is 4.60. The third-order valence-electron chi connectivity index (χ3n) is 2.60. The number of nitrogens with one attached hydrogen (secondary N) is 3. The Morgan fingerprint density at radius 3 is 2.78 bits per heavy atom. The molecular formula is C10H17N5O2S. The second kappa shape index (κ2) is 6.29. The summed E-state index contributed by atoms with van der Waals surface area (Å²) in [5, 5.41) is 8.55. The number of carbonyl (C=O) groups excluding carboxylic acids is 2. The van der Waals surface area contributed by atoms with Crippen LogP contribution in [0.25, 0.3) is 0 Å². The number of nitrogens with zero attached hydrogens (tertiary/aromatic N) is 1. The van der Waals surface area contributed by atoms with Crippen LogP contribution in [0.1, 0.15) is 32.6 Å². The van der Waals surface area contributed by atoms with Crippen molar-refractivity contribution in [1.29, 1.82) is 0 Å². The zero-order chi connectivity index (χ0) is 13.6. The van der Waals surface area contributed by atoms with Crippen LogP contribution in [0, 0.1) is 0 Å². The standard InChI is InChI=1S/C10H17N5O2S/c1-2-3-4-5-10(6-12-15-8(11)18)7(16)13-9(17)14-10/h6H,2-5H2,1H3,(H3,11,15,18)(H2,13,14,16,17)/b12-6+. The molecule has 8 heteroatoms. The number of hydrazone groups is 1. The van der Waals surface area contributed by atoms with Gasteiger partial charge < -0.3 is 11.1 Å². The van der Waals surface area contributed by atoms with E-state index < -0.39 is 17.5 Å². The van der Waals surface area contributed by atoms with E-state index in [2.05, 4.69) is 40.3 Å². The Kier molecular flexibility index (Phi) is 5.02. The SMILES string of the molecule is CCCCCC1(/C=N/NC(N)=S)NC(=O)NC1=O. The zero-order valence-electron chi connectivity index (χ0n) is 10.2. The van der Waals surface area contributed by atoms with Gasteiger partial charge in [0.05, 0.1) is 6.21 Å². The minimum Gasteiger partial charge on any atom is -0.375 e. The lowest BCUT2D eigenvalue weighted by atomic mass is 9.94. The van der Waals surface area contributed by atoms with Gasteiger partial charge in [-0.3, -0.25) is 15.5 Å². The molecule has 0 bridgehead atoms. The Balaban J connectivity index is 2.74. The lowest BCUT2D eigenvalue weighted by molar-refractivity contribution is -0.121. The molecule has 0 spiro atoms. The summed E-state index contributed by atoms with van der Waals surface area (Å²) in [6, 6.07) is -0.515. The van der Waals surface area contributed by atoms with Crippen molar-refractivity contribution < 1.29 is 9.59 Å². The number of imide groups is 1.